The van der Waals surface area contributed by atoms with E-state index in [-0.39, 0.29) is 0 Å². The second-order valence-corrected chi connectivity index (χ2v) is 4.78. The maximum Gasteiger partial charge on any atom is 0.191 e. The first kappa shape index (κ1) is 11.3. The Balaban J connectivity index is 2.41. The predicted molar refractivity (Wildman–Crippen MR) is 61.3 cm³/mol. The van der Waals surface area contributed by atoms with Crippen LogP contribution in [0.4, 0.5) is 0 Å². The molecule has 1 aliphatic rings. The number of rotatable bonds is 4. The van der Waals surface area contributed by atoms with Gasteiger partial charge in [-0.2, -0.15) is 0 Å². The van der Waals surface area contributed by atoms with Crippen molar-refractivity contribution >= 4 is 5.96 Å². The van der Waals surface area contributed by atoms with Gasteiger partial charge in [-0.25, -0.2) is 0 Å². The lowest BCUT2D eigenvalue weighted by Gasteiger charge is -2.25. The summed E-state index contributed by atoms with van der Waals surface area (Å²) in [4.78, 5) is 6.49. The molecule has 0 aliphatic heterocycles. The normalized spacial score (nSPS) is 19.9. The van der Waals surface area contributed by atoms with E-state index in [4.69, 9.17) is 5.73 Å². The van der Waals surface area contributed by atoms with Gasteiger partial charge in [0.1, 0.15) is 0 Å². The first-order chi connectivity index (χ1) is 6.52. The number of nitrogens with two attached hydrogens (primary N) is 1. The lowest BCUT2D eigenvalue weighted by molar-refractivity contribution is 0.348. The van der Waals surface area contributed by atoms with Crippen LogP contribution in [-0.4, -0.2) is 30.5 Å². The van der Waals surface area contributed by atoms with Gasteiger partial charge in [0.2, 0.25) is 0 Å². The van der Waals surface area contributed by atoms with Crippen LogP contribution in [0.1, 0.15) is 33.6 Å². The van der Waals surface area contributed by atoms with Gasteiger partial charge in [0.25, 0.3) is 0 Å². The van der Waals surface area contributed by atoms with Crippen LogP contribution in [-0.2, 0) is 0 Å². The molecule has 1 aliphatic carbocycles. The third-order valence-electron chi connectivity index (χ3n) is 2.89. The molecule has 3 nitrogen and oxygen atoms in total. The summed E-state index contributed by atoms with van der Waals surface area (Å²) in [5.74, 6) is 2.11. The van der Waals surface area contributed by atoms with Crippen molar-refractivity contribution in [3.05, 3.63) is 0 Å². The van der Waals surface area contributed by atoms with Crippen LogP contribution >= 0.6 is 0 Å². The summed E-state index contributed by atoms with van der Waals surface area (Å²) in [5.41, 5.74) is 5.91. The summed E-state index contributed by atoms with van der Waals surface area (Å²) >= 11 is 0. The number of aliphatic imine (C=N–C) groups is 1. The van der Waals surface area contributed by atoms with Crippen molar-refractivity contribution in [2.24, 2.45) is 22.6 Å². The molecule has 0 saturated heterocycles. The topological polar surface area (TPSA) is 41.6 Å². The molecule has 1 rings (SSSR count). The number of hydrogen-bond donors (Lipinski definition) is 1. The zero-order valence-corrected chi connectivity index (χ0v) is 9.83. The van der Waals surface area contributed by atoms with E-state index >= 15 is 0 Å². The summed E-state index contributed by atoms with van der Waals surface area (Å²) in [6.45, 7) is 7.37. The van der Waals surface area contributed by atoms with Crippen molar-refractivity contribution in [3.8, 4) is 0 Å². The predicted octanol–water partition coefficient (Wildman–Crippen LogP) is 1.69. The maximum atomic E-state index is 5.91. The van der Waals surface area contributed by atoms with E-state index in [1.54, 1.807) is 0 Å². The largest absolute Gasteiger partial charge is 0.370 e. The van der Waals surface area contributed by atoms with Crippen LogP contribution in [0.2, 0.25) is 0 Å². The Kier molecular flexibility index (Phi) is 3.78. The van der Waals surface area contributed by atoms with Crippen LogP contribution in [0.3, 0.4) is 0 Å². The Labute approximate surface area is 87.4 Å². The highest BCUT2D eigenvalue weighted by molar-refractivity contribution is 5.78. The molecule has 1 fully saturated rings. The van der Waals surface area contributed by atoms with E-state index in [1.165, 1.54) is 12.8 Å². The van der Waals surface area contributed by atoms with Crippen LogP contribution < -0.4 is 5.73 Å². The van der Waals surface area contributed by atoms with Crippen LogP contribution in [0.15, 0.2) is 4.99 Å². The van der Waals surface area contributed by atoms with Gasteiger partial charge in [0.15, 0.2) is 5.96 Å². The van der Waals surface area contributed by atoms with E-state index in [2.05, 4.69) is 30.7 Å². The number of hydrogen-bond acceptors (Lipinski definition) is 1. The fourth-order valence-corrected chi connectivity index (χ4v) is 1.49. The molecule has 0 amide bonds. The molecule has 1 atom stereocenters. The molecule has 0 aromatic heterocycles. The molecule has 3 heteroatoms. The molecule has 0 bridgehead atoms. The summed E-state index contributed by atoms with van der Waals surface area (Å²) in [5, 5.41) is 0. The lowest BCUT2D eigenvalue weighted by Crippen LogP contribution is -2.41. The van der Waals surface area contributed by atoms with Gasteiger partial charge in [0, 0.05) is 19.6 Å². The highest BCUT2D eigenvalue weighted by Gasteiger charge is 2.31. The fraction of sp³-hybridized carbons (Fsp3) is 0.909. The average Bonchev–Trinajstić information content (AvgIpc) is 2.94. The van der Waals surface area contributed by atoms with Crippen molar-refractivity contribution < 1.29 is 0 Å². The monoisotopic (exact) mass is 197 g/mol. The molecule has 0 aromatic carbocycles. The Morgan fingerprint density at radius 3 is 2.43 bits per heavy atom. The van der Waals surface area contributed by atoms with Crippen LogP contribution in [0.25, 0.3) is 0 Å². The standard InChI is InChI=1S/C11H23N3/c1-8(2)7-13-11(12)14(4)9(3)10-5-6-10/h8-10H,5-7H2,1-4H3,(H2,12,13). The Hall–Kier alpha value is -0.730. The summed E-state index contributed by atoms with van der Waals surface area (Å²) < 4.78 is 0. The summed E-state index contributed by atoms with van der Waals surface area (Å²) in [6, 6.07) is 0.547. The second-order valence-electron chi connectivity index (χ2n) is 4.78. The highest BCUT2D eigenvalue weighted by Crippen LogP contribution is 2.34. The van der Waals surface area contributed by atoms with Crippen molar-refractivity contribution in [3.63, 3.8) is 0 Å². The molecule has 14 heavy (non-hydrogen) atoms. The SMILES string of the molecule is CC(C)CN=C(N)N(C)C(C)C1CC1. The van der Waals surface area contributed by atoms with Crippen molar-refractivity contribution in [2.75, 3.05) is 13.6 Å². The van der Waals surface area contributed by atoms with Gasteiger partial charge in [-0.3, -0.25) is 4.99 Å². The highest BCUT2D eigenvalue weighted by atomic mass is 15.3. The minimum absolute atomic E-state index is 0.547. The smallest absolute Gasteiger partial charge is 0.191 e. The lowest BCUT2D eigenvalue weighted by atomic mass is 10.2. The van der Waals surface area contributed by atoms with Gasteiger partial charge in [0.05, 0.1) is 0 Å². The van der Waals surface area contributed by atoms with E-state index in [0.29, 0.717) is 17.9 Å². The Morgan fingerprint density at radius 1 is 1.43 bits per heavy atom. The molecule has 1 saturated carbocycles. The van der Waals surface area contributed by atoms with Gasteiger partial charge in [-0.1, -0.05) is 13.8 Å². The van der Waals surface area contributed by atoms with E-state index in [0.717, 1.165) is 12.5 Å². The first-order valence-corrected chi connectivity index (χ1v) is 5.55. The first-order valence-electron chi connectivity index (χ1n) is 5.55. The molecule has 82 valence electrons. The summed E-state index contributed by atoms with van der Waals surface area (Å²) in [7, 11) is 2.04. The Morgan fingerprint density at radius 2 is 2.00 bits per heavy atom. The molecule has 2 N–H and O–H groups in total. The number of nitrogens with zero attached hydrogens (tertiary/aromatic N) is 2. The number of guanidine groups is 1. The van der Waals surface area contributed by atoms with E-state index < -0.39 is 0 Å². The summed E-state index contributed by atoms with van der Waals surface area (Å²) in [6.07, 6.45) is 2.70. The van der Waals surface area contributed by atoms with Crippen LogP contribution in [0, 0.1) is 11.8 Å². The van der Waals surface area contributed by atoms with Crippen molar-refractivity contribution in [2.45, 2.75) is 39.7 Å². The molecule has 0 radical (unpaired) electrons. The van der Waals surface area contributed by atoms with Crippen molar-refractivity contribution in [1.29, 1.82) is 0 Å². The third-order valence-corrected chi connectivity index (χ3v) is 2.89. The maximum absolute atomic E-state index is 5.91. The van der Waals surface area contributed by atoms with Gasteiger partial charge >= 0.3 is 0 Å². The average molecular weight is 197 g/mol. The fourth-order valence-electron chi connectivity index (χ4n) is 1.49. The molecular weight excluding hydrogens is 174 g/mol. The Bertz CT molecular complexity index is 207. The molecule has 1 unspecified atom stereocenters. The minimum Gasteiger partial charge on any atom is -0.370 e. The quantitative estimate of drug-likeness (QED) is 0.550. The molecule has 0 heterocycles. The zero-order chi connectivity index (χ0) is 10.7. The van der Waals surface area contributed by atoms with E-state index in [9.17, 15) is 0 Å². The van der Waals surface area contributed by atoms with Crippen molar-refractivity contribution in [1.82, 2.24) is 4.90 Å². The van der Waals surface area contributed by atoms with Gasteiger partial charge < -0.3 is 10.6 Å². The molecule has 0 spiro atoms. The molecular formula is C11H23N3. The molecule has 0 aromatic rings. The minimum atomic E-state index is 0.547. The van der Waals surface area contributed by atoms with E-state index in [1.807, 2.05) is 7.05 Å². The van der Waals surface area contributed by atoms with Crippen LogP contribution in [0.5, 0.6) is 0 Å². The zero-order valence-electron chi connectivity index (χ0n) is 9.83. The second kappa shape index (κ2) is 4.67. The third kappa shape index (κ3) is 3.20. The van der Waals surface area contributed by atoms with Gasteiger partial charge in [-0.05, 0) is 31.6 Å². The van der Waals surface area contributed by atoms with Gasteiger partial charge in [-0.15, -0.1) is 0 Å².